The van der Waals surface area contributed by atoms with Crippen LogP contribution < -0.4 is 4.74 Å². The summed E-state index contributed by atoms with van der Waals surface area (Å²) >= 11 is 0. The van der Waals surface area contributed by atoms with Gasteiger partial charge in [0, 0.05) is 23.3 Å². The van der Waals surface area contributed by atoms with Crippen LogP contribution in [0.3, 0.4) is 0 Å². The van der Waals surface area contributed by atoms with Crippen LogP contribution in [0.5, 0.6) is 17.2 Å². The van der Waals surface area contributed by atoms with E-state index in [0.29, 0.717) is 25.0 Å². The van der Waals surface area contributed by atoms with E-state index in [0.717, 1.165) is 66.0 Å². The van der Waals surface area contributed by atoms with Crippen LogP contribution in [0.4, 0.5) is 0 Å². The van der Waals surface area contributed by atoms with Gasteiger partial charge >= 0.3 is 0 Å². The van der Waals surface area contributed by atoms with Gasteiger partial charge in [-0.3, -0.25) is 0 Å². The minimum Gasteiger partial charge on any atom is -0.508 e. The van der Waals surface area contributed by atoms with E-state index in [1.54, 1.807) is 25.3 Å². The molecule has 0 radical (unpaired) electrons. The van der Waals surface area contributed by atoms with Gasteiger partial charge in [0.05, 0.1) is 19.3 Å². The molecular weight excluding hydrogens is 488 g/mol. The van der Waals surface area contributed by atoms with Crippen molar-refractivity contribution < 1.29 is 25.2 Å². The number of methoxy groups -OCH3 is 1. The molecule has 2 aliphatic rings. The van der Waals surface area contributed by atoms with Crippen molar-refractivity contribution in [2.24, 2.45) is 17.3 Å². The number of aliphatic hydroxyl groups excluding tert-OH is 2. The summed E-state index contributed by atoms with van der Waals surface area (Å²) in [5, 5.41) is 45.1. The fraction of sp³-hybridized carbons (Fsp3) is 0.471. The molecule has 5 rings (SSSR count). The number of hydrogen-bond acceptors (Lipinski definition) is 5. The van der Waals surface area contributed by atoms with Gasteiger partial charge in [-0.15, -0.1) is 5.92 Å². The maximum absolute atomic E-state index is 11.4. The molecule has 2 bridgehead atoms. The number of phenolic OH excluding ortho intramolecular Hbond substituents is 2. The Kier molecular flexibility index (Phi) is 8.07. The number of fused-ring (bicyclic) bond motifs is 4. The largest absolute Gasteiger partial charge is 0.508 e. The SMILES string of the molecule is CC[C@@]12C#CC[C@H]([C@H](O)CCc3ccc(O)c(OC)c3-c3ccc4cc(O)ccc4c3)[C@@H](O)C(CCC1)CC2. The molecule has 39 heavy (non-hydrogen) atoms. The zero-order valence-electron chi connectivity index (χ0n) is 23.0. The van der Waals surface area contributed by atoms with Crippen LogP contribution in [0, 0.1) is 29.1 Å². The molecule has 0 aliphatic heterocycles. The Morgan fingerprint density at radius 2 is 1.82 bits per heavy atom. The van der Waals surface area contributed by atoms with Crippen LogP contribution in [0.1, 0.15) is 63.9 Å². The quantitative estimate of drug-likeness (QED) is 0.260. The van der Waals surface area contributed by atoms with E-state index in [2.05, 4.69) is 18.8 Å². The van der Waals surface area contributed by atoms with Crippen LogP contribution in [-0.2, 0) is 6.42 Å². The number of aromatic hydroxyl groups is 2. The molecule has 0 aromatic heterocycles. The van der Waals surface area contributed by atoms with Crippen LogP contribution in [0.15, 0.2) is 48.5 Å². The normalized spacial score (nSPS) is 25.6. The molecule has 0 saturated heterocycles. The average molecular weight is 529 g/mol. The highest BCUT2D eigenvalue weighted by molar-refractivity contribution is 5.90. The molecule has 206 valence electrons. The number of ether oxygens (including phenoxy) is 1. The van der Waals surface area contributed by atoms with Crippen molar-refractivity contribution in [3.05, 3.63) is 54.1 Å². The van der Waals surface area contributed by atoms with E-state index in [1.165, 1.54) is 0 Å². The molecule has 0 spiro atoms. The molecule has 2 aliphatic carbocycles. The maximum Gasteiger partial charge on any atom is 0.168 e. The van der Waals surface area contributed by atoms with E-state index >= 15 is 0 Å². The summed E-state index contributed by atoms with van der Waals surface area (Å²) in [6, 6.07) is 14.7. The molecule has 3 aromatic rings. The second-order valence-electron chi connectivity index (χ2n) is 11.5. The molecule has 5 heteroatoms. The van der Waals surface area contributed by atoms with Crippen LogP contribution in [-0.4, -0.2) is 39.7 Å². The fourth-order valence-corrected chi connectivity index (χ4v) is 6.78. The summed E-state index contributed by atoms with van der Waals surface area (Å²) < 4.78 is 5.64. The van der Waals surface area contributed by atoms with Crippen molar-refractivity contribution in [2.75, 3.05) is 7.11 Å². The third kappa shape index (κ3) is 5.60. The Morgan fingerprint density at radius 1 is 1.03 bits per heavy atom. The molecule has 5 nitrogen and oxygen atoms in total. The number of aliphatic hydroxyl groups is 2. The van der Waals surface area contributed by atoms with Crippen LogP contribution >= 0.6 is 0 Å². The highest BCUT2D eigenvalue weighted by Gasteiger charge is 2.38. The Morgan fingerprint density at radius 3 is 2.62 bits per heavy atom. The van der Waals surface area contributed by atoms with Crippen LogP contribution in [0.2, 0.25) is 0 Å². The van der Waals surface area contributed by atoms with Gasteiger partial charge in [0.2, 0.25) is 0 Å². The number of benzene rings is 3. The Labute approximate surface area is 231 Å². The molecule has 1 saturated carbocycles. The van der Waals surface area contributed by atoms with Crippen molar-refractivity contribution in [1.82, 2.24) is 0 Å². The van der Waals surface area contributed by atoms with E-state index in [-0.39, 0.29) is 28.7 Å². The molecule has 4 N–H and O–H groups in total. The van der Waals surface area contributed by atoms with Gasteiger partial charge in [0.1, 0.15) is 5.75 Å². The van der Waals surface area contributed by atoms with E-state index in [4.69, 9.17) is 4.74 Å². The van der Waals surface area contributed by atoms with E-state index in [9.17, 15) is 20.4 Å². The Bertz CT molecular complexity index is 1390. The third-order valence-corrected chi connectivity index (χ3v) is 9.26. The molecule has 1 fully saturated rings. The lowest BCUT2D eigenvalue weighted by Crippen LogP contribution is -2.37. The molecule has 0 amide bonds. The fourth-order valence-electron chi connectivity index (χ4n) is 6.78. The highest BCUT2D eigenvalue weighted by Crippen LogP contribution is 2.44. The second kappa shape index (κ2) is 11.5. The van der Waals surface area contributed by atoms with Gasteiger partial charge < -0.3 is 25.2 Å². The van der Waals surface area contributed by atoms with Crippen molar-refractivity contribution in [1.29, 1.82) is 0 Å². The molecular formula is C34H40O5. The molecule has 3 aromatic carbocycles. The minimum absolute atomic E-state index is 0.0567. The monoisotopic (exact) mass is 528 g/mol. The summed E-state index contributed by atoms with van der Waals surface area (Å²) in [6.07, 6.45) is 6.48. The van der Waals surface area contributed by atoms with Crippen molar-refractivity contribution in [2.45, 2.75) is 76.9 Å². The molecule has 1 unspecified atom stereocenters. The third-order valence-electron chi connectivity index (χ3n) is 9.26. The van der Waals surface area contributed by atoms with Gasteiger partial charge in [-0.05, 0) is 97.0 Å². The highest BCUT2D eigenvalue weighted by atomic mass is 16.5. The Balaban J connectivity index is 1.42. The lowest BCUT2D eigenvalue weighted by Gasteiger charge is -2.31. The van der Waals surface area contributed by atoms with Crippen LogP contribution in [0.25, 0.3) is 21.9 Å². The average Bonchev–Trinajstić information content (AvgIpc) is 3.13. The maximum atomic E-state index is 11.4. The number of hydrogen-bond donors (Lipinski definition) is 4. The molecule has 5 atom stereocenters. The Hall–Kier alpha value is -3.20. The minimum atomic E-state index is -0.697. The number of rotatable bonds is 7. The summed E-state index contributed by atoms with van der Waals surface area (Å²) in [6.45, 7) is 2.22. The van der Waals surface area contributed by atoms with Gasteiger partial charge in [-0.25, -0.2) is 0 Å². The van der Waals surface area contributed by atoms with Gasteiger partial charge in [0.25, 0.3) is 0 Å². The number of phenols is 2. The first-order valence-corrected chi connectivity index (χ1v) is 14.3. The van der Waals surface area contributed by atoms with Crippen molar-refractivity contribution in [3.63, 3.8) is 0 Å². The van der Waals surface area contributed by atoms with Crippen molar-refractivity contribution >= 4 is 10.8 Å². The summed E-state index contributed by atoms with van der Waals surface area (Å²) in [7, 11) is 1.54. The van der Waals surface area contributed by atoms with Gasteiger partial charge in [-0.1, -0.05) is 43.5 Å². The lowest BCUT2D eigenvalue weighted by molar-refractivity contribution is -0.0231. The predicted octanol–water partition coefficient (Wildman–Crippen LogP) is 6.58. The zero-order chi connectivity index (χ0) is 27.6. The standard InChI is InChI=1S/C34H40O5/c1-3-34-17-4-6-23(16-19-34)32(38)28(7-5-18-34)29(36)14-11-22-12-15-30(37)33(39-2)31(22)26-9-8-25-21-27(35)13-10-24(25)20-26/h8-10,12-13,15,20-21,23,28-29,32,35-38H,3-4,6-7,11,14,16-17,19H2,1-2H3/t23?,28-,29-,32+,34+/m1/s1. The topological polar surface area (TPSA) is 90.2 Å². The lowest BCUT2D eigenvalue weighted by atomic mass is 9.78. The van der Waals surface area contributed by atoms with E-state index < -0.39 is 12.2 Å². The number of aryl methyl sites for hydroxylation is 1. The zero-order valence-corrected chi connectivity index (χ0v) is 23.0. The second-order valence-corrected chi connectivity index (χ2v) is 11.5. The first-order valence-electron chi connectivity index (χ1n) is 14.3. The first-order chi connectivity index (χ1) is 18.8. The van der Waals surface area contributed by atoms with E-state index in [1.807, 2.05) is 30.3 Å². The summed E-state index contributed by atoms with van der Waals surface area (Å²) in [4.78, 5) is 0. The predicted molar refractivity (Wildman–Crippen MR) is 155 cm³/mol. The molecule has 0 heterocycles. The van der Waals surface area contributed by atoms with Gasteiger partial charge in [0.15, 0.2) is 11.5 Å². The summed E-state index contributed by atoms with van der Waals surface area (Å²) in [5.74, 6) is 7.52. The smallest absolute Gasteiger partial charge is 0.168 e. The first kappa shape index (κ1) is 27.4. The summed E-state index contributed by atoms with van der Waals surface area (Å²) in [5.41, 5.74) is 2.68. The van der Waals surface area contributed by atoms with Gasteiger partial charge in [-0.2, -0.15) is 0 Å². The van der Waals surface area contributed by atoms with Crippen molar-refractivity contribution in [3.8, 4) is 40.2 Å².